The molecule has 10 nitrogen and oxygen atoms in total. The molecule has 1 amide bonds. The van der Waals surface area contributed by atoms with Gasteiger partial charge in [0.1, 0.15) is 6.20 Å². The van der Waals surface area contributed by atoms with Crippen molar-refractivity contribution >= 4 is 55.4 Å². The van der Waals surface area contributed by atoms with Gasteiger partial charge in [-0.1, -0.05) is 29.8 Å². The van der Waals surface area contributed by atoms with Crippen molar-refractivity contribution in [3.05, 3.63) is 75.9 Å². The Balaban J connectivity index is 1.23. The molecule has 186 valence electrons. The highest BCUT2D eigenvalue weighted by atomic mass is 35.5. The number of amides is 1. The summed E-state index contributed by atoms with van der Waals surface area (Å²) in [5, 5.41) is 13.6. The first-order chi connectivity index (χ1) is 17.2. The van der Waals surface area contributed by atoms with Crippen LogP contribution in [-0.2, 0) is 14.6 Å². The first kappa shape index (κ1) is 24.0. The molecular weight excluding hydrogens is 506 g/mol. The number of rotatable bonds is 6. The van der Waals surface area contributed by atoms with Crippen molar-refractivity contribution in [2.45, 2.75) is 11.3 Å². The van der Waals surface area contributed by atoms with Crippen LogP contribution in [0.2, 0.25) is 5.02 Å². The number of aromatic nitrogens is 2. The van der Waals surface area contributed by atoms with Crippen LogP contribution in [0.25, 0.3) is 16.4 Å². The standard InChI is InChI=1S/C24H22ClN5O5S/c25-19-6-4-18-15-20(7-5-17(18)14-19)36(34,35)13-8-24(31)28-11-9-27(10-12-28)22-3-1-2-21-26-16-23(29(21)22)30(32)33/h1-7,14-16H,8-13H2. The number of benzene rings is 2. The van der Waals surface area contributed by atoms with Crippen LogP contribution in [0.3, 0.4) is 0 Å². The van der Waals surface area contributed by atoms with Crippen molar-refractivity contribution in [2.24, 2.45) is 0 Å². The molecule has 4 aromatic rings. The number of hydrogen-bond donors (Lipinski definition) is 0. The summed E-state index contributed by atoms with van der Waals surface area (Å²) in [5.74, 6) is -0.0197. The van der Waals surface area contributed by atoms with Crippen LogP contribution in [-0.4, -0.2) is 65.5 Å². The molecule has 0 radical (unpaired) electrons. The number of carbonyl (C=O) groups is 1. The molecule has 5 rings (SSSR count). The second-order valence-corrected chi connectivity index (χ2v) is 11.1. The van der Waals surface area contributed by atoms with Gasteiger partial charge in [-0.15, -0.1) is 0 Å². The van der Waals surface area contributed by atoms with Crippen molar-refractivity contribution < 1.29 is 18.1 Å². The molecule has 0 unspecified atom stereocenters. The SMILES string of the molecule is O=C(CCS(=O)(=O)c1ccc2cc(Cl)ccc2c1)N1CCN(c2cccc3ncc([N+](=O)[O-])n23)CC1. The molecule has 36 heavy (non-hydrogen) atoms. The Hall–Kier alpha value is -3.70. The van der Waals surface area contributed by atoms with Gasteiger partial charge in [0.15, 0.2) is 9.84 Å². The average Bonchev–Trinajstić information content (AvgIpc) is 3.32. The Morgan fingerprint density at radius 2 is 1.75 bits per heavy atom. The normalized spacial score (nSPS) is 14.5. The van der Waals surface area contributed by atoms with Crippen molar-refractivity contribution in [1.29, 1.82) is 0 Å². The zero-order chi connectivity index (χ0) is 25.4. The van der Waals surface area contributed by atoms with Crippen LogP contribution in [0.15, 0.2) is 65.7 Å². The number of fused-ring (bicyclic) bond motifs is 2. The Bertz CT molecular complexity index is 1600. The maximum atomic E-state index is 12.9. The lowest BCUT2D eigenvalue weighted by atomic mass is 10.1. The van der Waals surface area contributed by atoms with Crippen molar-refractivity contribution in [1.82, 2.24) is 14.3 Å². The predicted molar refractivity (Wildman–Crippen MR) is 136 cm³/mol. The molecule has 0 aliphatic carbocycles. The minimum atomic E-state index is -3.65. The fourth-order valence-corrected chi connectivity index (χ4v) is 5.89. The fourth-order valence-electron chi connectivity index (χ4n) is 4.45. The van der Waals surface area contributed by atoms with Crippen molar-refractivity contribution in [3.8, 4) is 0 Å². The van der Waals surface area contributed by atoms with Crippen molar-refractivity contribution in [2.75, 3.05) is 36.8 Å². The lowest BCUT2D eigenvalue weighted by Crippen LogP contribution is -2.49. The number of anilines is 1. The van der Waals surface area contributed by atoms with E-state index in [1.54, 1.807) is 53.4 Å². The van der Waals surface area contributed by atoms with Crippen molar-refractivity contribution in [3.63, 3.8) is 0 Å². The van der Waals surface area contributed by atoms with Gasteiger partial charge in [-0.05, 0) is 40.0 Å². The third kappa shape index (κ3) is 4.59. The number of nitrogens with zero attached hydrogens (tertiary/aromatic N) is 5. The van der Waals surface area contributed by atoms with Gasteiger partial charge in [-0.3, -0.25) is 4.79 Å². The molecule has 0 saturated carbocycles. The molecule has 2 aromatic carbocycles. The summed E-state index contributed by atoms with van der Waals surface area (Å²) in [6.07, 6.45) is 1.10. The van der Waals surface area contributed by atoms with Gasteiger partial charge in [-0.25, -0.2) is 13.4 Å². The molecule has 2 aromatic heterocycles. The summed E-state index contributed by atoms with van der Waals surface area (Å²) in [5.41, 5.74) is 0.472. The lowest BCUT2D eigenvalue weighted by molar-refractivity contribution is -0.390. The second kappa shape index (κ2) is 9.40. The molecular formula is C24H22ClN5O5S. The van der Waals surface area contributed by atoms with E-state index in [9.17, 15) is 23.3 Å². The molecule has 0 bridgehead atoms. The fraction of sp³-hybridized carbons (Fsp3) is 0.250. The van der Waals surface area contributed by atoms with Crippen LogP contribution in [0.5, 0.6) is 0 Å². The molecule has 3 heterocycles. The molecule has 12 heteroatoms. The zero-order valence-electron chi connectivity index (χ0n) is 19.1. The number of halogens is 1. The third-order valence-electron chi connectivity index (χ3n) is 6.35. The quantitative estimate of drug-likeness (QED) is 0.278. The molecule has 0 spiro atoms. The minimum Gasteiger partial charge on any atom is -0.358 e. The van der Waals surface area contributed by atoms with E-state index in [1.807, 2.05) is 4.90 Å². The van der Waals surface area contributed by atoms with E-state index in [1.165, 1.54) is 16.7 Å². The number of carbonyl (C=O) groups excluding carboxylic acids is 1. The second-order valence-electron chi connectivity index (χ2n) is 8.54. The Morgan fingerprint density at radius 3 is 2.50 bits per heavy atom. The monoisotopic (exact) mass is 527 g/mol. The summed E-state index contributed by atoms with van der Waals surface area (Å²) < 4.78 is 27.3. The van der Waals surface area contributed by atoms with E-state index >= 15 is 0 Å². The number of piperazine rings is 1. The molecule has 1 fully saturated rings. The smallest absolute Gasteiger partial charge is 0.349 e. The molecule has 1 aliphatic heterocycles. The largest absolute Gasteiger partial charge is 0.358 e. The minimum absolute atomic E-state index is 0.121. The summed E-state index contributed by atoms with van der Waals surface area (Å²) in [7, 11) is -3.65. The summed E-state index contributed by atoms with van der Waals surface area (Å²) in [4.78, 5) is 31.6. The number of hydrogen-bond acceptors (Lipinski definition) is 7. The summed E-state index contributed by atoms with van der Waals surface area (Å²) in [6.45, 7) is 1.68. The number of imidazole rings is 1. The van der Waals surface area contributed by atoms with Crippen LogP contribution in [0.1, 0.15) is 6.42 Å². The van der Waals surface area contributed by atoms with Crippen LogP contribution in [0, 0.1) is 10.1 Å². The van der Waals surface area contributed by atoms with Gasteiger partial charge in [0.25, 0.3) is 0 Å². The highest BCUT2D eigenvalue weighted by Crippen LogP contribution is 2.26. The third-order valence-corrected chi connectivity index (χ3v) is 8.30. The zero-order valence-corrected chi connectivity index (χ0v) is 20.7. The highest BCUT2D eigenvalue weighted by molar-refractivity contribution is 7.91. The van der Waals surface area contributed by atoms with Crippen LogP contribution in [0.4, 0.5) is 11.6 Å². The van der Waals surface area contributed by atoms with Gasteiger partial charge < -0.3 is 19.9 Å². The first-order valence-electron chi connectivity index (χ1n) is 11.3. The molecule has 1 saturated heterocycles. The maximum absolute atomic E-state index is 12.9. The summed E-state index contributed by atoms with van der Waals surface area (Å²) in [6, 6.07) is 15.3. The predicted octanol–water partition coefficient (Wildman–Crippen LogP) is 3.56. The number of pyridine rings is 1. The van der Waals surface area contributed by atoms with Gasteiger partial charge in [0, 0.05) is 49.8 Å². The van der Waals surface area contributed by atoms with E-state index in [0.29, 0.717) is 42.7 Å². The van der Waals surface area contributed by atoms with Gasteiger partial charge in [0.2, 0.25) is 17.4 Å². The topological polar surface area (TPSA) is 118 Å². The van der Waals surface area contributed by atoms with E-state index < -0.39 is 14.8 Å². The molecule has 0 atom stereocenters. The van der Waals surface area contributed by atoms with E-state index in [-0.39, 0.29) is 28.8 Å². The lowest BCUT2D eigenvalue weighted by Gasteiger charge is -2.35. The number of sulfone groups is 1. The van der Waals surface area contributed by atoms with Gasteiger partial charge >= 0.3 is 5.82 Å². The van der Waals surface area contributed by atoms with Crippen LogP contribution < -0.4 is 4.90 Å². The number of nitro groups is 1. The van der Waals surface area contributed by atoms with Crippen LogP contribution >= 0.6 is 11.6 Å². The maximum Gasteiger partial charge on any atom is 0.349 e. The first-order valence-corrected chi connectivity index (χ1v) is 13.3. The highest BCUT2D eigenvalue weighted by Gasteiger charge is 2.27. The molecule has 0 N–H and O–H groups in total. The van der Waals surface area contributed by atoms with E-state index in [0.717, 1.165) is 10.8 Å². The van der Waals surface area contributed by atoms with Gasteiger partial charge in [-0.2, -0.15) is 4.40 Å². The average molecular weight is 528 g/mol. The van der Waals surface area contributed by atoms with Gasteiger partial charge in [0.05, 0.1) is 10.6 Å². The van der Waals surface area contributed by atoms with E-state index in [2.05, 4.69) is 4.98 Å². The Labute approximate surface area is 211 Å². The summed E-state index contributed by atoms with van der Waals surface area (Å²) >= 11 is 6.00. The molecule has 1 aliphatic rings. The Morgan fingerprint density at radius 1 is 1.03 bits per heavy atom. The Kier molecular flexibility index (Phi) is 6.27. The van der Waals surface area contributed by atoms with E-state index in [4.69, 9.17) is 11.6 Å².